The van der Waals surface area contributed by atoms with Crippen molar-refractivity contribution in [3.05, 3.63) is 0 Å². The first-order valence-electron chi connectivity index (χ1n) is 3.68. The summed E-state index contributed by atoms with van der Waals surface area (Å²) in [6, 6.07) is 0. The average molecular weight is 182 g/mol. The fraction of sp³-hybridized carbons (Fsp3) is 1.00. The number of nitrogens with one attached hydrogen (secondary N) is 1. The maximum absolute atomic E-state index is 8.44. The first-order valence-corrected chi connectivity index (χ1v) is 4.68. The Bertz CT molecular complexity index is 86.3. The van der Waals surface area contributed by atoms with Crippen molar-refractivity contribution in [1.29, 1.82) is 0 Å². The Labute approximate surface area is 70.7 Å². The molecule has 70 valence electrons. The van der Waals surface area contributed by atoms with Crippen LogP contribution in [0.4, 0.5) is 0 Å². The van der Waals surface area contributed by atoms with E-state index in [0.29, 0.717) is 0 Å². The molecule has 0 rings (SSSR count). The third-order valence-electron chi connectivity index (χ3n) is 1.50. The van der Waals surface area contributed by atoms with Gasteiger partial charge in [0.25, 0.3) is 0 Å². The van der Waals surface area contributed by atoms with E-state index in [-0.39, 0.29) is 0 Å². The van der Waals surface area contributed by atoms with Gasteiger partial charge in [0.15, 0.2) is 0 Å². The smallest absolute Gasteiger partial charge is 0.0742 e. The van der Waals surface area contributed by atoms with Gasteiger partial charge in [-0.25, -0.2) is 0 Å². The molecule has 0 aliphatic carbocycles. The van der Waals surface area contributed by atoms with Gasteiger partial charge < -0.3 is 14.0 Å². The summed E-state index contributed by atoms with van der Waals surface area (Å²) in [5.74, 6) is 0. The van der Waals surface area contributed by atoms with Crippen LogP contribution in [0.3, 0.4) is 0 Å². The molecular weight excluding hydrogens is 166 g/mol. The van der Waals surface area contributed by atoms with Crippen LogP contribution in [-0.2, 0) is 11.4 Å². The van der Waals surface area contributed by atoms with Crippen LogP contribution < -0.4 is 4.90 Å². The van der Waals surface area contributed by atoms with Crippen molar-refractivity contribution in [3.8, 4) is 0 Å². The Morgan fingerprint density at radius 3 is 1.27 bits per heavy atom. The minimum absolute atomic E-state index is 1.27. The molecule has 0 aromatic rings. The van der Waals surface area contributed by atoms with E-state index in [4.69, 9.17) is 13.3 Å². The van der Waals surface area contributed by atoms with Gasteiger partial charge in [0, 0.05) is 0 Å². The Kier molecular flexibility index (Phi) is 12.4. The van der Waals surface area contributed by atoms with Gasteiger partial charge in [0.2, 0.25) is 0 Å². The molecule has 0 unspecified atom stereocenters. The summed E-state index contributed by atoms with van der Waals surface area (Å²) in [6.07, 6.45) is 0. The fourth-order valence-corrected chi connectivity index (χ4v) is 0.750. The summed E-state index contributed by atoms with van der Waals surface area (Å²) in [5, 5.41) is 0. The monoisotopic (exact) mass is 182 g/mol. The lowest BCUT2D eigenvalue weighted by Crippen LogP contribution is -3.11. The fourth-order valence-electron chi connectivity index (χ4n) is 0.750. The van der Waals surface area contributed by atoms with E-state index < -0.39 is 11.4 Å². The van der Waals surface area contributed by atoms with Crippen LogP contribution in [0.2, 0.25) is 0 Å². The third-order valence-corrected chi connectivity index (χ3v) is 1.50. The highest BCUT2D eigenvalue weighted by molar-refractivity contribution is 7.72. The van der Waals surface area contributed by atoms with Crippen LogP contribution in [0.25, 0.3) is 0 Å². The van der Waals surface area contributed by atoms with Crippen LogP contribution in [0.5, 0.6) is 0 Å². The second-order valence-corrected chi connectivity index (χ2v) is 2.42. The molecule has 0 saturated carbocycles. The first kappa shape index (κ1) is 13.6. The van der Waals surface area contributed by atoms with Gasteiger partial charge in [0.05, 0.1) is 19.6 Å². The quantitative estimate of drug-likeness (QED) is 0.565. The topological polar surface area (TPSA) is 67.6 Å². The summed E-state index contributed by atoms with van der Waals surface area (Å²) in [5.41, 5.74) is 0. The number of quaternary nitrogens is 1. The van der Waals surface area contributed by atoms with E-state index in [2.05, 4.69) is 20.8 Å². The van der Waals surface area contributed by atoms with Crippen LogP contribution >= 0.6 is 0 Å². The highest BCUT2D eigenvalue weighted by Gasteiger charge is 1.92. The summed E-state index contributed by atoms with van der Waals surface area (Å²) in [7, 11) is 0. The molecule has 0 bridgehead atoms. The molecule has 0 atom stereocenters. The number of rotatable bonds is 3. The Hall–Kier alpha value is 0.0300. The van der Waals surface area contributed by atoms with Crippen LogP contribution in [0, 0.1) is 0 Å². The van der Waals surface area contributed by atoms with Crippen molar-refractivity contribution >= 4 is 11.4 Å². The second-order valence-electron chi connectivity index (χ2n) is 2.01. The molecular formula is C6H16NO3S-. The summed E-state index contributed by atoms with van der Waals surface area (Å²) >= 11 is -3.11. The largest absolute Gasteiger partial charge is 0.784 e. The van der Waals surface area contributed by atoms with E-state index in [9.17, 15) is 0 Å². The lowest BCUT2D eigenvalue weighted by Gasteiger charge is -2.10. The van der Waals surface area contributed by atoms with Gasteiger partial charge >= 0.3 is 0 Å². The van der Waals surface area contributed by atoms with Gasteiger partial charge in [-0.05, 0) is 20.8 Å². The molecule has 0 spiro atoms. The summed E-state index contributed by atoms with van der Waals surface area (Å²) < 4.78 is 25.3. The van der Waals surface area contributed by atoms with Crippen molar-refractivity contribution in [2.24, 2.45) is 0 Å². The molecule has 0 fully saturated rings. The molecule has 0 aromatic heterocycles. The van der Waals surface area contributed by atoms with Crippen molar-refractivity contribution in [1.82, 2.24) is 0 Å². The standard InChI is InChI=1S/C6H15N.H2O3S/c1-4-7(5-2)6-3;1-4(2)3/h4-6H2,1-3H3;(H2,1,2,3)/p-1. The molecule has 0 radical (unpaired) electrons. The van der Waals surface area contributed by atoms with Crippen molar-refractivity contribution in [2.45, 2.75) is 20.8 Å². The van der Waals surface area contributed by atoms with E-state index in [1.807, 2.05) is 0 Å². The van der Waals surface area contributed by atoms with Crippen LogP contribution in [0.15, 0.2) is 0 Å². The van der Waals surface area contributed by atoms with Gasteiger partial charge in [-0.3, -0.25) is 4.21 Å². The zero-order chi connectivity index (χ0) is 9.28. The molecule has 0 aliphatic heterocycles. The van der Waals surface area contributed by atoms with E-state index in [1.54, 1.807) is 4.90 Å². The number of hydrogen-bond donors (Lipinski definition) is 1. The first-order chi connectivity index (χ1) is 5.08. The molecule has 11 heavy (non-hydrogen) atoms. The SMILES string of the molecule is CC[NH+](CC)CC.O=S([O-])[O-]. The van der Waals surface area contributed by atoms with Gasteiger partial charge in [-0.2, -0.15) is 0 Å². The molecule has 0 heterocycles. The highest BCUT2D eigenvalue weighted by atomic mass is 32.2. The summed E-state index contributed by atoms with van der Waals surface area (Å²) in [6.45, 7) is 10.5. The van der Waals surface area contributed by atoms with Crippen molar-refractivity contribution in [2.75, 3.05) is 19.6 Å². The van der Waals surface area contributed by atoms with Crippen LogP contribution in [0.1, 0.15) is 20.8 Å². The van der Waals surface area contributed by atoms with Gasteiger partial charge in [0.1, 0.15) is 0 Å². The third kappa shape index (κ3) is 17.8. The molecule has 5 heteroatoms. The molecule has 0 aromatic carbocycles. The Balaban J connectivity index is 0. The Morgan fingerprint density at radius 2 is 1.27 bits per heavy atom. The molecule has 0 saturated heterocycles. The Morgan fingerprint density at radius 1 is 1.09 bits per heavy atom. The molecule has 0 aliphatic rings. The maximum Gasteiger partial charge on any atom is 0.0742 e. The highest BCUT2D eigenvalue weighted by Crippen LogP contribution is 1.45. The second kappa shape index (κ2) is 10.0. The molecule has 0 amide bonds. The normalized spacial score (nSPS) is 9.73. The molecule has 4 nitrogen and oxygen atoms in total. The van der Waals surface area contributed by atoms with E-state index in [0.717, 1.165) is 0 Å². The van der Waals surface area contributed by atoms with Crippen molar-refractivity contribution in [3.63, 3.8) is 0 Å². The minimum Gasteiger partial charge on any atom is -0.784 e. The summed E-state index contributed by atoms with van der Waals surface area (Å²) in [4.78, 5) is 1.68. The van der Waals surface area contributed by atoms with Crippen molar-refractivity contribution < 1.29 is 18.2 Å². The lowest BCUT2D eigenvalue weighted by molar-refractivity contribution is -0.894. The van der Waals surface area contributed by atoms with E-state index in [1.165, 1.54) is 19.6 Å². The maximum atomic E-state index is 8.44. The van der Waals surface area contributed by atoms with Gasteiger partial charge in [-0.15, -0.1) is 11.4 Å². The zero-order valence-electron chi connectivity index (χ0n) is 7.25. The number of hydrogen-bond acceptors (Lipinski definition) is 3. The predicted octanol–water partition coefficient (Wildman–Crippen LogP) is -1.07. The van der Waals surface area contributed by atoms with Gasteiger partial charge in [-0.1, -0.05) is 0 Å². The predicted molar refractivity (Wildman–Crippen MR) is 42.3 cm³/mol. The zero-order valence-corrected chi connectivity index (χ0v) is 8.07. The lowest BCUT2D eigenvalue weighted by atomic mass is 10.5. The minimum atomic E-state index is -3.11. The molecule has 1 N–H and O–H groups in total. The van der Waals surface area contributed by atoms with E-state index >= 15 is 0 Å². The average Bonchev–Trinajstić information content (AvgIpc) is 1.90. The van der Waals surface area contributed by atoms with Crippen LogP contribution in [-0.4, -0.2) is 32.9 Å².